The Morgan fingerprint density at radius 3 is 1.81 bits per heavy atom. The Kier molecular flexibility index (Phi) is 7.02. The highest BCUT2D eigenvalue weighted by atomic mass is 16.4. The van der Waals surface area contributed by atoms with Gasteiger partial charge >= 0.3 is 0 Å². The number of carbonyl (C=O) groups is 1. The van der Waals surface area contributed by atoms with Crippen molar-refractivity contribution >= 4 is 6.29 Å². The van der Waals surface area contributed by atoms with Crippen LogP contribution >= 0.6 is 0 Å². The minimum atomic E-state index is -2.32. The highest BCUT2D eigenvalue weighted by Gasteiger charge is 2.48. The second-order valence-corrected chi connectivity index (χ2v) is 6.43. The van der Waals surface area contributed by atoms with Crippen molar-refractivity contribution in [3.8, 4) is 0 Å². The molecule has 0 saturated carbocycles. The van der Waals surface area contributed by atoms with Crippen LogP contribution in [0.3, 0.4) is 0 Å². The summed E-state index contributed by atoms with van der Waals surface area (Å²) in [4.78, 5) is 10.9. The van der Waals surface area contributed by atoms with Crippen molar-refractivity contribution in [2.75, 3.05) is 0 Å². The van der Waals surface area contributed by atoms with E-state index in [4.69, 9.17) is 0 Å². The third-order valence-electron chi connectivity index (χ3n) is 4.47. The van der Waals surface area contributed by atoms with Gasteiger partial charge in [-0.25, -0.2) is 0 Å². The van der Waals surface area contributed by atoms with E-state index in [1.54, 1.807) is 54.6 Å². The van der Waals surface area contributed by atoms with E-state index in [9.17, 15) is 30.3 Å². The lowest BCUT2D eigenvalue weighted by Gasteiger charge is -2.40. The summed E-state index contributed by atoms with van der Waals surface area (Å²) in [7, 11) is 0. The fourth-order valence-corrected chi connectivity index (χ4v) is 2.98. The Morgan fingerprint density at radius 2 is 1.31 bits per heavy atom. The molecular weight excluding hydrogens is 336 g/mol. The molecule has 140 valence electrons. The molecule has 6 heteroatoms. The molecule has 6 nitrogen and oxygen atoms in total. The van der Waals surface area contributed by atoms with E-state index in [1.165, 1.54) is 0 Å². The minimum Gasteiger partial charge on any atom is -0.390 e. The van der Waals surface area contributed by atoms with E-state index in [-0.39, 0.29) is 19.1 Å². The van der Waals surface area contributed by atoms with Gasteiger partial charge in [0.25, 0.3) is 0 Å². The molecule has 2 aromatic rings. The summed E-state index contributed by atoms with van der Waals surface area (Å²) >= 11 is 0. The number of hydrogen-bond donors (Lipinski definition) is 5. The molecule has 0 aromatic heterocycles. The van der Waals surface area contributed by atoms with Crippen molar-refractivity contribution < 1.29 is 30.3 Å². The zero-order valence-electron chi connectivity index (χ0n) is 14.2. The molecule has 0 radical (unpaired) electrons. The van der Waals surface area contributed by atoms with Gasteiger partial charge in [0.1, 0.15) is 23.9 Å². The molecular formula is C20H24O6. The fourth-order valence-electron chi connectivity index (χ4n) is 2.98. The number of carbonyl (C=O) groups excluding carboxylic acids is 1. The van der Waals surface area contributed by atoms with Crippen LogP contribution in [0.1, 0.15) is 11.1 Å². The standard InChI is InChI=1S/C20H24O6/c21-13-17(23)19(25)20(26,12-15-9-5-2-6-10-15)18(24)16(22)11-14-7-3-1-4-8-14/h1-10,13,16-19,22-26H,11-12H2. The summed E-state index contributed by atoms with van der Waals surface area (Å²) in [5.41, 5.74) is -1.03. The largest absolute Gasteiger partial charge is 0.390 e. The lowest BCUT2D eigenvalue weighted by atomic mass is 9.78. The molecule has 2 rings (SSSR count). The quantitative estimate of drug-likeness (QED) is 0.397. The van der Waals surface area contributed by atoms with Gasteiger partial charge in [-0.05, 0) is 11.1 Å². The van der Waals surface area contributed by atoms with E-state index in [0.717, 1.165) is 5.56 Å². The molecule has 0 fully saturated rings. The van der Waals surface area contributed by atoms with Crippen LogP contribution in [0.15, 0.2) is 60.7 Å². The van der Waals surface area contributed by atoms with E-state index in [2.05, 4.69) is 0 Å². The van der Waals surface area contributed by atoms with Gasteiger partial charge in [0.15, 0.2) is 6.29 Å². The van der Waals surface area contributed by atoms with Crippen LogP contribution in [0.4, 0.5) is 0 Å². The van der Waals surface area contributed by atoms with Crippen LogP contribution in [0.25, 0.3) is 0 Å². The molecule has 26 heavy (non-hydrogen) atoms. The Balaban J connectivity index is 2.27. The molecule has 2 aromatic carbocycles. The molecule has 0 saturated heterocycles. The first-order valence-corrected chi connectivity index (χ1v) is 8.36. The number of aldehydes is 1. The molecule has 0 spiro atoms. The first kappa shape index (κ1) is 20.2. The van der Waals surface area contributed by atoms with E-state index in [1.807, 2.05) is 6.07 Å². The normalized spacial score (nSPS) is 18.3. The predicted molar refractivity (Wildman–Crippen MR) is 95.3 cm³/mol. The molecule has 0 aliphatic heterocycles. The Hall–Kier alpha value is -2.09. The average molecular weight is 360 g/mol. The number of hydrogen-bond acceptors (Lipinski definition) is 6. The average Bonchev–Trinajstić information content (AvgIpc) is 2.67. The highest BCUT2D eigenvalue weighted by Crippen LogP contribution is 2.27. The lowest BCUT2D eigenvalue weighted by molar-refractivity contribution is -0.197. The second kappa shape index (κ2) is 9.02. The van der Waals surface area contributed by atoms with Crippen molar-refractivity contribution in [1.82, 2.24) is 0 Å². The maximum atomic E-state index is 11.0. The summed E-state index contributed by atoms with van der Waals surface area (Å²) in [6.45, 7) is 0. The maximum Gasteiger partial charge on any atom is 0.151 e. The van der Waals surface area contributed by atoms with Crippen molar-refractivity contribution in [3.63, 3.8) is 0 Å². The Bertz CT molecular complexity index is 677. The molecule has 0 bridgehead atoms. The predicted octanol–water partition coefficient (Wildman–Crippen LogP) is -0.155. The van der Waals surface area contributed by atoms with Gasteiger partial charge < -0.3 is 30.3 Å². The summed E-state index contributed by atoms with van der Waals surface area (Å²) in [5, 5.41) is 51.9. The van der Waals surface area contributed by atoms with Crippen LogP contribution in [0, 0.1) is 0 Å². The lowest BCUT2D eigenvalue weighted by Crippen LogP contribution is -2.62. The Labute approximate surface area is 152 Å². The number of aliphatic hydroxyl groups excluding tert-OH is 4. The molecule has 0 aliphatic rings. The van der Waals surface area contributed by atoms with Crippen LogP contribution in [0.2, 0.25) is 0 Å². The summed E-state index contributed by atoms with van der Waals surface area (Å²) in [5.74, 6) is 0. The molecule has 5 atom stereocenters. The molecule has 0 heterocycles. The van der Waals surface area contributed by atoms with Gasteiger partial charge in [0.2, 0.25) is 0 Å². The van der Waals surface area contributed by atoms with Gasteiger partial charge in [0, 0.05) is 12.8 Å². The minimum absolute atomic E-state index is 0.0308. The highest BCUT2D eigenvalue weighted by molar-refractivity contribution is 5.57. The van der Waals surface area contributed by atoms with E-state index < -0.39 is 30.0 Å². The Morgan fingerprint density at radius 1 is 0.808 bits per heavy atom. The van der Waals surface area contributed by atoms with E-state index >= 15 is 0 Å². The van der Waals surface area contributed by atoms with E-state index in [0.29, 0.717) is 5.56 Å². The molecule has 0 amide bonds. The van der Waals surface area contributed by atoms with Crippen molar-refractivity contribution in [3.05, 3.63) is 71.8 Å². The van der Waals surface area contributed by atoms with Gasteiger partial charge in [-0.2, -0.15) is 0 Å². The molecule has 0 aliphatic carbocycles. The number of rotatable bonds is 9. The SMILES string of the molecule is O=CC(O)C(O)C(O)(Cc1ccccc1)C(O)C(O)Cc1ccccc1. The van der Waals surface area contributed by atoms with Crippen LogP contribution in [0.5, 0.6) is 0 Å². The molecule has 5 N–H and O–H groups in total. The summed E-state index contributed by atoms with van der Waals surface area (Å²) in [6.07, 6.45) is -7.23. The monoisotopic (exact) mass is 360 g/mol. The van der Waals surface area contributed by atoms with Crippen LogP contribution in [-0.2, 0) is 17.6 Å². The van der Waals surface area contributed by atoms with Gasteiger partial charge in [-0.15, -0.1) is 0 Å². The molecule has 5 unspecified atom stereocenters. The first-order chi connectivity index (χ1) is 12.4. The summed E-state index contributed by atoms with van der Waals surface area (Å²) in [6, 6.07) is 17.4. The van der Waals surface area contributed by atoms with Crippen molar-refractivity contribution in [2.45, 2.75) is 42.9 Å². The van der Waals surface area contributed by atoms with Gasteiger partial charge in [-0.3, -0.25) is 0 Å². The fraction of sp³-hybridized carbons (Fsp3) is 0.350. The van der Waals surface area contributed by atoms with Crippen LogP contribution < -0.4 is 0 Å². The maximum absolute atomic E-state index is 11.0. The smallest absolute Gasteiger partial charge is 0.151 e. The van der Waals surface area contributed by atoms with Crippen LogP contribution in [-0.4, -0.2) is 61.8 Å². The number of aliphatic hydroxyl groups is 5. The third-order valence-corrected chi connectivity index (χ3v) is 4.47. The van der Waals surface area contributed by atoms with Crippen molar-refractivity contribution in [2.24, 2.45) is 0 Å². The number of benzene rings is 2. The topological polar surface area (TPSA) is 118 Å². The zero-order chi connectivity index (χ0) is 19.2. The third kappa shape index (κ3) is 4.75. The first-order valence-electron chi connectivity index (χ1n) is 8.36. The zero-order valence-corrected chi connectivity index (χ0v) is 14.2. The van der Waals surface area contributed by atoms with Gasteiger partial charge in [0.05, 0.1) is 6.10 Å². The van der Waals surface area contributed by atoms with Crippen molar-refractivity contribution in [1.29, 1.82) is 0 Å². The summed E-state index contributed by atoms with van der Waals surface area (Å²) < 4.78 is 0. The van der Waals surface area contributed by atoms with Gasteiger partial charge in [-0.1, -0.05) is 60.7 Å². The second-order valence-electron chi connectivity index (χ2n) is 6.43.